The van der Waals surface area contributed by atoms with Gasteiger partial charge in [0.25, 0.3) is 5.91 Å². The van der Waals surface area contributed by atoms with Crippen LogP contribution in [0.15, 0.2) is 66.7 Å². The summed E-state index contributed by atoms with van der Waals surface area (Å²) in [5.41, 5.74) is 1.05. The van der Waals surface area contributed by atoms with Gasteiger partial charge in [0, 0.05) is 11.1 Å². The molecule has 138 valence electrons. The largest absolute Gasteiger partial charge is 0.494 e. The number of nitrogens with one attached hydrogen (secondary N) is 1. The molecule has 0 aromatic heterocycles. The number of hydrogen-bond donors (Lipinski definition) is 1. The fourth-order valence-corrected chi connectivity index (χ4v) is 2.70. The van der Waals surface area contributed by atoms with E-state index >= 15 is 0 Å². The summed E-state index contributed by atoms with van der Waals surface area (Å²) in [6.45, 7) is 3.99. The van der Waals surface area contributed by atoms with Crippen LogP contribution in [-0.4, -0.2) is 24.6 Å². The highest BCUT2D eigenvalue weighted by atomic mass is 16.5. The number of fused-ring (bicyclic) bond motifs is 1. The number of hydrogen-bond acceptors (Lipinski definition) is 4. The minimum Gasteiger partial charge on any atom is -0.494 e. The highest BCUT2D eigenvalue weighted by molar-refractivity contribution is 6.04. The number of rotatable bonds is 6. The molecular formula is C22H21NO4. The molecule has 1 atom stereocenters. The molecule has 0 bridgehead atoms. The molecule has 5 heteroatoms. The number of carbonyl (C=O) groups excluding carboxylic acids is 2. The lowest BCUT2D eigenvalue weighted by atomic mass is 10.1. The van der Waals surface area contributed by atoms with Crippen molar-refractivity contribution in [2.75, 3.05) is 11.9 Å². The van der Waals surface area contributed by atoms with Crippen LogP contribution < -0.4 is 10.1 Å². The maximum absolute atomic E-state index is 12.5. The molecule has 0 unspecified atom stereocenters. The second-order valence-electron chi connectivity index (χ2n) is 6.02. The monoisotopic (exact) mass is 363 g/mol. The zero-order valence-corrected chi connectivity index (χ0v) is 15.3. The molecule has 27 heavy (non-hydrogen) atoms. The van der Waals surface area contributed by atoms with Gasteiger partial charge >= 0.3 is 5.97 Å². The third-order valence-corrected chi connectivity index (χ3v) is 4.10. The molecule has 0 aliphatic carbocycles. The van der Waals surface area contributed by atoms with Gasteiger partial charge in [0.15, 0.2) is 6.10 Å². The van der Waals surface area contributed by atoms with Crippen LogP contribution in [0.25, 0.3) is 10.8 Å². The summed E-state index contributed by atoms with van der Waals surface area (Å²) in [6, 6.07) is 20.0. The first-order chi connectivity index (χ1) is 13.1. The lowest BCUT2D eigenvalue weighted by Gasteiger charge is -2.15. The zero-order chi connectivity index (χ0) is 19.2. The third kappa shape index (κ3) is 4.44. The van der Waals surface area contributed by atoms with Crippen LogP contribution in [0.2, 0.25) is 0 Å². The van der Waals surface area contributed by atoms with E-state index in [0.29, 0.717) is 23.6 Å². The Labute approximate surface area is 157 Å². The van der Waals surface area contributed by atoms with Crippen molar-refractivity contribution in [3.63, 3.8) is 0 Å². The van der Waals surface area contributed by atoms with Crippen LogP contribution >= 0.6 is 0 Å². The van der Waals surface area contributed by atoms with E-state index in [9.17, 15) is 9.59 Å². The van der Waals surface area contributed by atoms with Gasteiger partial charge in [0.2, 0.25) is 0 Å². The molecule has 1 amide bonds. The van der Waals surface area contributed by atoms with Crippen molar-refractivity contribution in [2.24, 2.45) is 0 Å². The molecule has 0 fully saturated rings. The van der Waals surface area contributed by atoms with Crippen LogP contribution in [0.5, 0.6) is 5.75 Å². The lowest BCUT2D eigenvalue weighted by molar-refractivity contribution is -0.123. The van der Waals surface area contributed by atoms with Gasteiger partial charge in [-0.05, 0) is 49.6 Å². The van der Waals surface area contributed by atoms with E-state index in [0.717, 1.165) is 10.8 Å². The third-order valence-electron chi connectivity index (χ3n) is 4.10. The van der Waals surface area contributed by atoms with Gasteiger partial charge in [-0.3, -0.25) is 4.79 Å². The summed E-state index contributed by atoms with van der Waals surface area (Å²) >= 11 is 0. The number of anilines is 1. The van der Waals surface area contributed by atoms with Crippen LogP contribution in [-0.2, 0) is 9.53 Å². The van der Waals surface area contributed by atoms with Crippen LogP contribution in [0, 0.1) is 0 Å². The molecule has 1 N–H and O–H groups in total. The number of benzene rings is 3. The number of ether oxygens (including phenoxy) is 2. The molecule has 0 saturated heterocycles. The average Bonchev–Trinajstić information content (AvgIpc) is 2.69. The Hall–Kier alpha value is -3.34. The van der Waals surface area contributed by atoms with E-state index in [4.69, 9.17) is 9.47 Å². The summed E-state index contributed by atoms with van der Waals surface area (Å²) in [7, 11) is 0. The van der Waals surface area contributed by atoms with Crippen molar-refractivity contribution >= 4 is 28.3 Å². The SMILES string of the molecule is CCOc1ccc(C(=O)O[C@@H](C)C(=O)Nc2cccc3ccccc23)cc1. The van der Waals surface area contributed by atoms with Crippen molar-refractivity contribution in [1.82, 2.24) is 0 Å². The summed E-state index contributed by atoms with van der Waals surface area (Å²) in [5, 5.41) is 4.78. The van der Waals surface area contributed by atoms with E-state index in [1.165, 1.54) is 0 Å². The van der Waals surface area contributed by atoms with E-state index < -0.39 is 12.1 Å². The highest BCUT2D eigenvalue weighted by Crippen LogP contribution is 2.23. The molecule has 0 aliphatic heterocycles. The van der Waals surface area contributed by atoms with Gasteiger partial charge in [-0.2, -0.15) is 0 Å². The minimum absolute atomic E-state index is 0.364. The fourth-order valence-electron chi connectivity index (χ4n) is 2.70. The first kappa shape index (κ1) is 18.5. The van der Waals surface area contributed by atoms with Crippen molar-refractivity contribution in [2.45, 2.75) is 20.0 Å². The second kappa shape index (κ2) is 8.36. The van der Waals surface area contributed by atoms with Crippen LogP contribution in [0.4, 0.5) is 5.69 Å². The Morgan fingerprint density at radius 1 is 0.963 bits per heavy atom. The zero-order valence-electron chi connectivity index (χ0n) is 15.3. The Bertz CT molecular complexity index is 945. The molecule has 3 aromatic rings. The Balaban J connectivity index is 1.65. The van der Waals surface area contributed by atoms with Gasteiger partial charge < -0.3 is 14.8 Å². The Kier molecular flexibility index (Phi) is 5.71. The first-order valence-corrected chi connectivity index (χ1v) is 8.81. The quantitative estimate of drug-likeness (QED) is 0.658. The molecule has 3 rings (SSSR count). The smallest absolute Gasteiger partial charge is 0.338 e. The molecule has 5 nitrogen and oxygen atoms in total. The van der Waals surface area contributed by atoms with Crippen molar-refractivity contribution in [3.8, 4) is 5.75 Å². The minimum atomic E-state index is -0.928. The topological polar surface area (TPSA) is 64.6 Å². The van der Waals surface area contributed by atoms with Crippen LogP contribution in [0.1, 0.15) is 24.2 Å². The molecule has 3 aromatic carbocycles. The van der Waals surface area contributed by atoms with E-state index in [-0.39, 0.29) is 5.91 Å². The molecule has 0 aliphatic rings. The summed E-state index contributed by atoms with van der Waals surface area (Å²) in [4.78, 5) is 24.7. The normalized spacial score (nSPS) is 11.6. The molecular weight excluding hydrogens is 342 g/mol. The van der Waals surface area contributed by atoms with Gasteiger partial charge in [0.1, 0.15) is 5.75 Å². The predicted molar refractivity (Wildman–Crippen MR) is 105 cm³/mol. The summed E-state index contributed by atoms with van der Waals surface area (Å²) < 4.78 is 10.6. The number of carbonyl (C=O) groups is 2. The first-order valence-electron chi connectivity index (χ1n) is 8.81. The Morgan fingerprint density at radius 3 is 2.41 bits per heavy atom. The summed E-state index contributed by atoms with van der Waals surface area (Å²) in [5.74, 6) is -0.264. The van der Waals surface area contributed by atoms with Crippen LogP contribution in [0.3, 0.4) is 0 Å². The maximum atomic E-state index is 12.5. The van der Waals surface area contributed by atoms with E-state index in [1.807, 2.05) is 49.4 Å². The standard InChI is InChI=1S/C22H21NO4/c1-3-26-18-13-11-17(12-14-18)22(25)27-15(2)21(24)23-20-10-6-8-16-7-4-5-9-19(16)20/h4-15H,3H2,1-2H3,(H,23,24)/t15-/m0/s1. The summed E-state index contributed by atoms with van der Waals surface area (Å²) in [6.07, 6.45) is -0.928. The van der Waals surface area contributed by atoms with Crippen molar-refractivity contribution < 1.29 is 19.1 Å². The fraction of sp³-hybridized carbons (Fsp3) is 0.182. The van der Waals surface area contributed by atoms with Gasteiger partial charge in [-0.15, -0.1) is 0 Å². The molecule has 0 spiro atoms. The van der Waals surface area contributed by atoms with E-state index in [1.54, 1.807) is 31.2 Å². The van der Waals surface area contributed by atoms with E-state index in [2.05, 4.69) is 5.32 Å². The lowest BCUT2D eigenvalue weighted by Crippen LogP contribution is -2.30. The highest BCUT2D eigenvalue weighted by Gasteiger charge is 2.19. The predicted octanol–water partition coefficient (Wildman–Crippen LogP) is 4.42. The number of amides is 1. The maximum Gasteiger partial charge on any atom is 0.338 e. The molecule has 0 saturated carbocycles. The van der Waals surface area contributed by atoms with Gasteiger partial charge in [0.05, 0.1) is 12.2 Å². The van der Waals surface area contributed by atoms with Crippen molar-refractivity contribution in [3.05, 3.63) is 72.3 Å². The molecule has 0 heterocycles. The Morgan fingerprint density at radius 2 is 1.67 bits per heavy atom. The molecule has 0 radical (unpaired) electrons. The second-order valence-corrected chi connectivity index (χ2v) is 6.02. The average molecular weight is 363 g/mol. The van der Waals surface area contributed by atoms with Gasteiger partial charge in [-0.25, -0.2) is 4.79 Å². The van der Waals surface area contributed by atoms with Gasteiger partial charge in [-0.1, -0.05) is 36.4 Å². The number of esters is 1. The van der Waals surface area contributed by atoms with Crippen molar-refractivity contribution in [1.29, 1.82) is 0 Å².